The number of aromatic nitrogens is 2. The zero-order valence-corrected chi connectivity index (χ0v) is 15.1. The second kappa shape index (κ2) is 7.90. The lowest BCUT2D eigenvalue weighted by Crippen LogP contribution is -2.28. The number of benzene rings is 1. The lowest BCUT2D eigenvalue weighted by Gasteiger charge is -2.23. The highest BCUT2D eigenvalue weighted by molar-refractivity contribution is 5.96. The van der Waals surface area contributed by atoms with Crippen LogP contribution in [0.4, 0.5) is 5.69 Å². The Balaban J connectivity index is 2.17. The Morgan fingerprint density at radius 1 is 1.25 bits per heavy atom. The van der Waals surface area contributed by atoms with Gasteiger partial charge in [0.1, 0.15) is 0 Å². The van der Waals surface area contributed by atoms with E-state index in [-0.39, 0.29) is 5.91 Å². The number of nitrogens with zero attached hydrogens (tertiary/aromatic N) is 3. The molecule has 0 aliphatic heterocycles. The first kappa shape index (κ1) is 17.9. The van der Waals surface area contributed by atoms with E-state index in [1.165, 1.54) is 0 Å². The van der Waals surface area contributed by atoms with Crippen molar-refractivity contribution in [2.45, 2.75) is 40.3 Å². The molecule has 5 heteroatoms. The summed E-state index contributed by atoms with van der Waals surface area (Å²) >= 11 is 0. The topological polar surface area (TPSA) is 58.1 Å². The quantitative estimate of drug-likeness (QED) is 0.882. The molecule has 24 heavy (non-hydrogen) atoms. The maximum Gasteiger partial charge on any atom is 0.254 e. The van der Waals surface area contributed by atoms with Crippen LogP contribution < -0.4 is 5.32 Å². The average Bonchev–Trinajstić information content (AvgIpc) is 2.56. The fourth-order valence-electron chi connectivity index (χ4n) is 2.37. The summed E-state index contributed by atoms with van der Waals surface area (Å²) < 4.78 is 0. The maximum absolute atomic E-state index is 12.8. The van der Waals surface area contributed by atoms with E-state index < -0.39 is 0 Å². The number of hydrogen-bond acceptors (Lipinski definition) is 4. The van der Waals surface area contributed by atoms with E-state index in [2.05, 4.69) is 36.1 Å². The predicted octanol–water partition coefficient (Wildman–Crippen LogP) is 3.51. The summed E-state index contributed by atoms with van der Waals surface area (Å²) in [5.41, 5.74) is 3.46. The van der Waals surface area contributed by atoms with Crippen LogP contribution in [0.1, 0.15) is 42.4 Å². The molecule has 1 aromatic carbocycles. The van der Waals surface area contributed by atoms with Crippen molar-refractivity contribution in [3.8, 4) is 0 Å². The van der Waals surface area contributed by atoms with Gasteiger partial charge in [-0.15, -0.1) is 0 Å². The average molecular weight is 326 g/mol. The zero-order valence-electron chi connectivity index (χ0n) is 15.1. The highest BCUT2D eigenvalue weighted by Crippen LogP contribution is 2.22. The van der Waals surface area contributed by atoms with Crippen molar-refractivity contribution in [3.05, 3.63) is 53.6 Å². The van der Waals surface area contributed by atoms with Gasteiger partial charge in [-0.1, -0.05) is 19.9 Å². The van der Waals surface area contributed by atoms with Gasteiger partial charge < -0.3 is 10.2 Å². The summed E-state index contributed by atoms with van der Waals surface area (Å²) in [4.78, 5) is 22.7. The molecule has 0 aliphatic rings. The molecule has 0 fully saturated rings. The number of anilines is 1. The van der Waals surface area contributed by atoms with Crippen LogP contribution in [-0.2, 0) is 6.54 Å². The molecule has 0 bridgehead atoms. The van der Waals surface area contributed by atoms with Gasteiger partial charge in [0, 0.05) is 36.7 Å². The number of nitrogens with one attached hydrogen (secondary N) is 1. The van der Waals surface area contributed by atoms with Crippen LogP contribution in [0.15, 0.2) is 36.8 Å². The van der Waals surface area contributed by atoms with Crippen molar-refractivity contribution >= 4 is 11.6 Å². The van der Waals surface area contributed by atoms with Crippen LogP contribution in [0.5, 0.6) is 0 Å². The van der Waals surface area contributed by atoms with Crippen molar-refractivity contribution in [2.24, 2.45) is 5.92 Å². The predicted molar refractivity (Wildman–Crippen MR) is 96.9 cm³/mol. The molecule has 0 radical (unpaired) electrons. The second-order valence-corrected chi connectivity index (χ2v) is 6.51. The van der Waals surface area contributed by atoms with Crippen LogP contribution in [0.25, 0.3) is 0 Å². The first-order chi connectivity index (χ1) is 11.4. The molecule has 2 aromatic rings. The Kier molecular flexibility index (Phi) is 5.90. The largest absolute Gasteiger partial charge is 0.382 e. The van der Waals surface area contributed by atoms with Crippen molar-refractivity contribution in [3.63, 3.8) is 0 Å². The van der Waals surface area contributed by atoms with E-state index in [0.29, 0.717) is 24.1 Å². The molecule has 1 aromatic heterocycles. The van der Waals surface area contributed by atoms with Gasteiger partial charge in [-0.05, 0) is 37.5 Å². The Labute approximate surface area is 144 Å². The van der Waals surface area contributed by atoms with E-state index in [1.54, 1.807) is 30.5 Å². The van der Waals surface area contributed by atoms with E-state index in [4.69, 9.17) is 0 Å². The molecule has 0 saturated heterocycles. The third kappa shape index (κ3) is 4.31. The van der Waals surface area contributed by atoms with Crippen molar-refractivity contribution < 1.29 is 4.79 Å². The van der Waals surface area contributed by atoms with Gasteiger partial charge in [0.25, 0.3) is 5.91 Å². The Hall–Kier alpha value is -2.43. The molecule has 1 heterocycles. The number of carbonyl (C=O) groups excluding carboxylic acids is 1. The third-order valence-corrected chi connectivity index (χ3v) is 4.31. The molecule has 1 atom stereocenters. The standard InChI is InChI=1S/C19H26N4O/c1-13(2)15(4)22-18-8-6-7-17(14(18)3)19(24)23(5)12-16-11-20-9-10-21-16/h6-11,13,15,22H,12H2,1-5H3/t15-/m0/s1. The number of rotatable bonds is 6. The zero-order chi connectivity index (χ0) is 17.7. The molecule has 1 amide bonds. The molecule has 1 N–H and O–H groups in total. The molecular weight excluding hydrogens is 300 g/mol. The lowest BCUT2D eigenvalue weighted by atomic mass is 10.0. The summed E-state index contributed by atoms with van der Waals surface area (Å²) in [7, 11) is 1.79. The highest BCUT2D eigenvalue weighted by atomic mass is 16.2. The lowest BCUT2D eigenvalue weighted by molar-refractivity contribution is 0.0782. The Bertz CT molecular complexity index is 685. The van der Waals surface area contributed by atoms with Crippen LogP contribution in [-0.4, -0.2) is 33.9 Å². The van der Waals surface area contributed by atoms with Crippen molar-refractivity contribution in [1.82, 2.24) is 14.9 Å². The minimum absolute atomic E-state index is 0.0148. The van der Waals surface area contributed by atoms with Crippen LogP contribution in [0.3, 0.4) is 0 Å². The molecule has 0 spiro atoms. The van der Waals surface area contributed by atoms with Gasteiger partial charge in [-0.3, -0.25) is 14.8 Å². The summed E-state index contributed by atoms with van der Waals surface area (Å²) in [5, 5.41) is 3.50. The maximum atomic E-state index is 12.8. The summed E-state index contributed by atoms with van der Waals surface area (Å²) in [6, 6.07) is 6.15. The van der Waals surface area contributed by atoms with Gasteiger partial charge in [-0.2, -0.15) is 0 Å². The smallest absolute Gasteiger partial charge is 0.254 e. The molecule has 2 rings (SSSR count). The van der Waals surface area contributed by atoms with Crippen LogP contribution >= 0.6 is 0 Å². The third-order valence-electron chi connectivity index (χ3n) is 4.31. The molecule has 128 valence electrons. The monoisotopic (exact) mass is 326 g/mol. The van der Waals surface area contributed by atoms with Crippen LogP contribution in [0.2, 0.25) is 0 Å². The summed E-state index contributed by atoms with van der Waals surface area (Å²) in [5.74, 6) is 0.502. The first-order valence-electron chi connectivity index (χ1n) is 8.26. The Morgan fingerprint density at radius 3 is 2.62 bits per heavy atom. The highest BCUT2D eigenvalue weighted by Gasteiger charge is 2.17. The molecular formula is C19H26N4O. The minimum Gasteiger partial charge on any atom is -0.382 e. The molecule has 5 nitrogen and oxygen atoms in total. The molecule has 0 saturated carbocycles. The number of carbonyl (C=O) groups is 1. The minimum atomic E-state index is -0.0148. The van der Waals surface area contributed by atoms with Gasteiger partial charge in [0.05, 0.1) is 18.4 Å². The first-order valence-corrected chi connectivity index (χ1v) is 8.26. The SMILES string of the molecule is Cc1c(N[C@@H](C)C(C)C)cccc1C(=O)N(C)Cc1cnccn1. The van der Waals surface area contributed by atoms with Gasteiger partial charge >= 0.3 is 0 Å². The van der Waals surface area contributed by atoms with Crippen molar-refractivity contribution in [2.75, 3.05) is 12.4 Å². The van der Waals surface area contributed by atoms with E-state index in [0.717, 1.165) is 16.9 Å². The normalized spacial score (nSPS) is 12.1. The number of hydrogen-bond donors (Lipinski definition) is 1. The number of amides is 1. The van der Waals surface area contributed by atoms with Gasteiger partial charge in [0.2, 0.25) is 0 Å². The van der Waals surface area contributed by atoms with Gasteiger partial charge in [-0.25, -0.2) is 0 Å². The molecule has 0 unspecified atom stereocenters. The molecule has 0 aliphatic carbocycles. The second-order valence-electron chi connectivity index (χ2n) is 6.51. The van der Waals surface area contributed by atoms with Gasteiger partial charge in [0.15, 0.2) is 0 Å². The Morgan fingerprint density at radius 2 is 2.00 bits per heavy atom. The van der Waals surface area contributed by atoms with Crippen LogP contribution in [0, 0.1) is 12.8 Å². The summed E-state index contributed by atoms with van der Waals surface area (Å²) in [6.07, 6.45) is 4.94. The van der Waals surface area contributed by atoms with E-state index in [9.17, 15) is 4.79 Å². The fraction of sp³-hybridized carbons (Fsp3) is 0.421. The van der Waals surface area contributed by atoms with Crippen molar-refractivity contribution in [1.29, 1.82) is 0 Å². The summed E-state index contributed by atoms with van der Waals surface area (Å²) in [6.45, 7) is 8.93. The fourth-order valence-corrected chi connectivity index (χ4v) is 2.37. The van der Waals surface area contributed by atoms with E-state index >= 15 is 0 Å². The van der Waals surface area contributed by atoms with E-state index in [1.807, 2.05) is 25.1 Å².